The Morgan fingerprint density at radius 1 is 1.26 bits per heavy atom. The average molecular weight is 344 g/mol. The molecule has 0 bridgehead atoms. The Balaban J connectivity index is 2.19. The molecule has 0 aliphatic heterocycles. The molecule has 0 saturated heterocycles. The van der Waals surface area contributed by atoms with Crippen molar-refractivity contribution in [3.8, 4) is 11.3 Å². The zero-order valence-corrected chi connectivity index (χ0v) is 12.1. The number of rotatable bonds is 2. The maximum Gasteiger partial charge on any atom is 0.406 e. The standard InChI is InChI=1S/C13H9ClF3N5O/c14-8-3-9(22-10(4-8)19-12(18)20-22)7-1-2-11(23)21(5-7)6-13(15,16)17/h1-5H,6H2,(H2,18,20). The van der Waals surface area contributed by atoms with E-state index in [1.54, 1.807) is 0 Å². The van der Waals surface area contributed by atoms with Crippen LogP contribution in [0, 0.1) is 0 Å². The van der Waals surface area contributed by atoms with Gasteiger partial charge in [0.25, 0.3) is 5.56 Å². The zero-order valence-electron chi connectivity index (χ0n) is 11.4. The summed E-state index contributed by atoms with van der Waals surface area (Å²) in [5.41, 5.74) is 5.81. The van der Waals surface area contributed by atoms with Gasteiger partial charge in [-0.1, -0.05) is 11.6 Å². The molecule has 6 nitrogen and oxygen atoms in total. The molecule has 23 heavy (non-hydrogen) atoms. The normalized spacial score (nSPS) is 12.0. The van der Waals surface area contributed by atoms with E-state index in [4.69, 9.17) is 17.3 Å². The summed E-state index contributed by atoms with van der Waals surface area (Å²) in [6.45, 7) is -1.39. The van der Waals surface area contributed by atoms with Crippen LogP contribution in [0.1, 0.15) is 0 Å². The van der Waals surface area contributed by atoms with Crippen LogP contribution in [0.5, 0.6) is 0 Å². The molecule has 0 radical (unpaired) electrons. The van der Waals surface area contributed by atoms with Crippen LogP contribution in [0.4, 0.5) is 19.1 Å². The number of nitrogens with two attached hydrogens (primary N) is 1. The van der Waals surface area contributed by atoms with Gasteiger partial charge in [-0.15, -0.1) is 5.10 Å². The minimum absolute atomic E-state index is 0.00266. The highest BCUT2D eigenvalue weighted by Gasteiger charge is 2.28. The van der Waals surface area contributed by atoms with Gasteiger partial charge in [0.1, 0.15) is 6.54 Å². The summed E-state index contributed by atoms with van der Waals surface area (Å²) in [4.78, 5) is 15.6. The molecular formula is C13H9ClF3N5O. The molecule has 3 heterocycles. The number of aromatic nitrogens is 4. The third-order valence-corrected chi connectivity index (χ3v) is 3.27. The van der Waals surface area contributed by atoms with Crippen molar-refractivity contribution >= 4 is 23.2 Å². The summed E-state index contributed by atoms with van der Waals surface area (Å²) in [5, 5.41) is 4.29. The number of alkyl halides is 3. The van der Waals surface area contributed by atoms with Gasteiger partial charge in [-0.2, -0.15) is 18.2 Å². The van der Waals surface area contributed by atoms with Gasteiger partial charge in [0, 0.05) is 28.9 Å². The van der Waals surface area contributed by atoms with E-state index in [0.29, 0.717) is 26.5 Å². The highest BCUT2D eigenvalue weighted by Crippen LogP contribution is 2.25. The molecule has 0 aliphatic carbocycles. The van der Waals surface area contributed by atoms with E-state index in [9.17, 15) is 18.0 Å². The van der Waals surface area contributed by atoms with E-state index in [-0.39, 0.29) is 5.95 Å². The lowest BCUT2D eigenvalue weighted by Gasteiger charge is -2.11. The Hall–Kier alpha value is -2.55. The van der Waals surface area contributed by atoms with Crippen molar-refractivity contribution in [2.75, 3.05) is 5.73 Å². The van der Waals surface area contributed by atoms with Crippen molar-refractivity contribution in [3.05, 3.63) is 45.8 Å². The summed E-state index contributed by atoms with van der Waals surface area (Å²) in [6, 6.07) is 5.45. The first-order chi connectivity index (χ1) is 10.7. The van der Waals surface area contributed by atoms with Crippen LogP contribution in [-0.2, 0) is 6.54 Å². The molecule has 120 valence electrons. The van der Waals surface area contributed by atoms with E-state index in [1.165, 1.54) is 22.7 Å². The second-order valence-electron chi connectivity index (χ2n) is 4.80. The summed E-state index contributed by atoms with van der Waals surface area (Å²) in [7, 11) is 0. The molecule has 2 N–H and O–H groups in total. The largest absolute Gasteiger partial charge is 0.406 e. The first kappa shape index (κ1) is 15.3. The van der Waals surface area contributed by atoms with E-state index < -0.39 is 18.3 Å². The lowest BCUT2D eigenvalue weighted by Crippen LogP contribution is -2.27. The smallest absolute Gasteiger partial charge is 0.366 e. The number of nitrogens with zero attached hydrogens (tertiary/aromatic N) is 4. The third-order valence-electron chi connectivity index (χ3n) is 3.05. The van der Waals surface area contributed by atoms with Crippen LogP contribution in [0.2, 0.25) is 5.02 Å². The Labute approximate surface area is 131 Å². The van der Waals surface area contributed by atoms with Gasteiger partial charge in [0.2, 0.25) is 5.95 Å². The second kappa shape index (κ2) is 5.27. The summed E-state index contributed by atoms with van der Waals surface area (Å²) < 4.78 is 39.6. The molecule has 0 aromatic carbocycles. The molecule has 10 heteroatoms. The molecular weight excluding hydrogens is 335 g/mol. The summed E-state index contributed by atoms with van der Waals surface area (Å²) in [6.07, 6.45) is -3.41. The van der Waals surface area contributed by atoms with Gasteiger partial charge < -0.3 is 10.3 Å². The van der Waals surface area contributed by atoms with E-state index in [2.05, 4.69) is 10.1 Å². The van der Waals surface area contributed by atoms with Crippen molar-refractivity contribution in [1.29, 1.82) is 0 Å². The number of halogens is 4. The fourth-order valence-electron chi connectivity index (χ4n) is 2.17. The lowest BCUT2D eigenvalue weighted by atomic mass is 10.2. The second-order valence-corrected chi connectivity index (χ2v) is 5.23. The maximum absolute atomic E-state index is 12.6. The third kappa shape index (κ3) is 3.14. The Morgan fingerprint density at radius 2 is 2.00 bits per heavy atom. The van der Waals surface area contributed by atoms with E-state index >= 15 is 0 Å². The topological polar surface area (TPSA) is 78.2 Å². The fourth-order valence-corrected chi connectivity index (χ4v) is 2.37. The summed E-state index contributed by atoms with van der Waals surface area (Å²) in [5.74, 6) is -0.00266. The Bertz CT molecular complexity index is 947. The monoisotopic (exact) mass is 343 g/mol. The van der Waals surface area contributed by atoms with E-state index in [1.807, 2.05) is 0 Å². The predicted molar refractivity (Wildman–Crippen MR) is 78.2 cm³/mol. The van der Waals surface area contributed by atoms with Gasteiger partial charge >= 0.3 is 6.18 Å². The van der Waals surface area contributed by atoms with Crippen molar-refractivity contribution in [2.45, 2.75) is 12.7 Å². The molecule has 0 aliphatic rings. The van der Waals surface area contributed by atoms with Crippen molar-refractivity contribution in [1.82, 2.24) is 19.2 Å². The van der Waals surface area contributed by atoms with Gasteiger partial charge in [-0.3, -0.25) is 4.79 Å². The summed E-state index contributed by atoms with van der Waals surface area (Å²) >= 11 is 5.99. The Kier molecular flexibility index (Phi) is 3.52. The first-order valence-electron chi connectivity index (χ1n) is 6.32. The van der Waals surface area contributed by atoms with Crippen molar-refractivity contribution in [3.63, 3.8) is 0 Å². The molecule has 0 atom stereocenters. The molecule has 3 rings (SSSR count). The molecule has 0 saturated carbocycles. The predicted octanol–water partition coefficient (Wildman–Crippen LogP) is 2.36. The lowest BCUT2D eigenvalue weighted by molar-refractivity contribution is -0.141. The fraction of sp³-hybridized carbons (Fsp3) is 0.154. The molecule has 0 unspecified atom stereocenters. The average Bonchev–Trinajstić information content (AvgIpc) is 2.79. The van der Waals surface area contributed by atoms with Gasteiger partial charge in [0.05, 0.1) is 5.69 Å². The highest BCUT2D eigenvalue weighted by atomic mass is 35.5. The zero-order chi connectivity index (χ0) is 16.8. The molecule has 0 spiro atoms. The van der Waals surface area contributed by atoms with Crippen molar-refractivity contribution < 1.29 is 13.2 Å². The van der Waals surface area contributed by atoms with Gasteiger partial charge in [-0.25, -0.2) is 4.52 Å². The van der Waals surface area contributed by atoms with Crippen molar-refractivity contribution in [2.24, 2.45) is 0 Å². The molecule has 0 amide bonds. The van der Waals surface area contributed by atoms with Gasteiger partial charge in [0.15, 0.2) is 5.65 Å². The molecule has 0 fully saturated rings. The number of hydrogen-bond acceptors (Lipinski definition) is 4. The van der Waals surface area contributed by atoms with Crippen LogP contribution >= 0.6 is 11.6 Å². The number of anilines is 1. The minimum atomic E-state index is -4.51. The SMILES string of the molecule is Nc1nc2cc(Cl)cc(-c3ccc(=O)n(CC(F)(F)F)c3)n2n1. The van der Waals surface area contributed by atoms with Crippen LogP contribution in [0.25, 0.3) is 16.9 Å². The van der Waals surface area contributed by atoms with E-state index in [0.717, 1.165) is 12.3 Å². The first-order valence-corrected chi connectivity index (χ1v) is 6.70. The quantitative estimate of drug-likeness (QED) is 0.774. The van der Waals surface area contributed by atoms with Gasteiger partial charge in [-0.05, 0) is 12.1 Å². The van der Waals surface area contributed by atoms with Crippen LogP contribution in [-0.4, -0.2) is 25.3 Å². The maximum atomic E-state index is 12.6. The van der Waals surface area contributed by atoms with Crippen LogP contribution in [0.15, 0.2) is 35.3 Å². The number of nitrogen functional groups attached to an aromatic ring is 1. The number of hydrogen-bond donors (Lipinski definition) is 1. The Morgan fingerprint density at radius 3 is 2.70 bits per heavy atom. The minimum Gasteiger partial charge on any atom is -0.366 e. The highest BCUT2D eigenvalue weighted by molar-refractivity contribution is 6.31. The van der Waals surface area contributed by atoms with Crippen LogP contribution in [0.3, 0.4) is 0 Å². The van der Waals surface area contributed by atoms with Crippen LogP contribution < -0.4 is 11.3 Å². The molecule has 3 aromatic rings. The number of pyridine rings is 2. The molecule has 3 aromatic heterocycles. The number of fused-ring (bicyclic) bond motifs is 1.